The van der Waals surface area contributed by atoms with Crippen molar-refractivity contribution in [3.05, 3.63) is 40.1 Å². The monoisotopic (exact) mass is 358 g/mol. The van der Waals surface area contributed by atoms with Crippen LogP contribution in [-0.4, -0.2) is 58.3 Å². The standard InChI is InChI=1S/C19H26N4O3/c1-3-21(4-2)13-14-8-10-22(11-9-14)19(24)16-12-15-6-5-7-17(23(25)26)18(15)20-16/h5-7,12,14,20H,3-4,8-11,13H2,1-2H3. The highest BCUT2D eigenvalue weighted by Gasteiger charge is 2.26. The predicted octanol–water partition coefficient (Wildman–Crippen LogP) is 3.27. The van der Waals surface area contributed by atoms with Crippen LogP contribution in [-0.2, 0) is 0 Å². The van der Waals surface area contributed by atoms with Gasteiger partial charge in [0.15, 0.2) is 0 Å². The van der Waals surface area contributed by atoms with Crippen molar-refractivity contribution in [3.8, 4) is 0 Å². The van der Waals surface area contributed by atoms with Gasteiger partial charge < -0.3 is 14.8 Å². The number of non-ortho nitro benzene ring substituents is 1. The zero-order valence-corrected chi connectivity index (χ0v) is 15.4. The van der Waals surface area contributed by atoms with Crippen LogP contribution in [0.2, 0.25) is 0 Å². The molecule has 0 saturated carbocycles. The summed E-state index contributed by atoms with van der Waals surface area (Å²) < 4.78 is 0. The van der Waals surface area contributed by atoms with Gasteiger partial charge in [0.1, 0.15) is 11.2 Å². The van der Waals surface area contributed by atoms with Gasteiger partial charge in [-0.1, -0.05) is 26.0 Å². The summed E-state index contributed by atoms with van der Waals surface area (Å²) in [5, 5.41) is 11.8. The Hall–Kier alpha value is -2.41. The molecule has 2 aromatic rings. The van der Waals surface area contributed by atoms with E-state index < -0.39 is 4.92 Å². The number of para-hydroxylation sites is 1. The highest BCUT2D eigenvalue weighted by molar-refractivity contribution is 6.00. The van der Waals surface area contributed by atoms with Crippen LogP contribution in [0.1, 0.15) is 37.2 Å². The maximum absolute atomic E-state index is 12.8. The van der Waals surface area contributed by atoms with E-state index in [2.05, 4.69) is 23.7 Å². The summed E-state index contributed by atoms with van der Waals surface area (Å²) in [5.41, 5.74) is 0.841. The second kappa shape index (κ2) is 7.86. The number of rotatable bonds is 6. The molecular formula is C19H26N4O3. The maximum Gasteiger partial charge on any atom is 0.293 e. The van der Waals surface area contributed by atoms with E-state index in [4.69, 9.17) is 0 Å². The summed E-state index contributed by atoms with van der Waals surface area (Å²) in [6, 6.07) is 6.59. The molecular weight excluding hydrogens is 332 g/mol. The third kappa shape index (κ3) is 3.72. The zero-order valence-electron chi connectivity index (χ0n) is 15.4. The molecule has 0 aliphatic carbocycles. The van der Waals surface area contributed by atoms with Crippen molar-refractivity contribution in [2.24, 2.45) is 5.92 Å². The van der Waals surface area contributed by atoms with Gasteiger partial charge in [-0.15, -0.1) is 0 Å². The van der Waals surface area contributed by atoms with Crippen molar-refractivity contribution in [3.63, 3.8) is 0 Å². The van der Waals surface area contributed by atoms with Crippen LogP contribution in [0.15, 0.2) is 24.3 Å². The van der Waals surface area contributed by atoms with Gasteiger partial charge in [-0.3, -0.25) is 14.9 Å². The highest BCUT2D eigenvalue weighted by atomic mass is 16.6. The van der Waals surface area contributed by atoms with E-state index in [-0.39, 0.29) is 11.6 Å². The highest BCUT2D eigenvalue weighted by Crippen LogP contribution is 2.27. The molecule has 3 rings (SSSR count). The minimum Gasteiger partial charge on any atom is -0.345 e. The Labute approximate surface area is 153 Å². The first-order chi connectivity index (χ1) is 12.5. The van der Waals surface area contributed by atoms with Gasteiger partial charge in [-0.05, 0) is 37.9 Å². The number of fused-ring (bicyclic) bond motifs is 1. The summed E-state index contributed by atoms with van der Waals surface area (Å²) in [4.78, 5) is 30.8. The molecule has 26 heavy (non-hydrogen) atoms. The van der Waals surface area contributed by atoms with Gasteiger partial charge in [0.05, 0.1) is 4.92 Å². The number of hydrogen-bond acceptors (Lipinski definition) is 4. The number of likely N-dealkylation sites (tertiary alicyclic amines) is 1. The predicted molar refractivity (Wildman–Crippen MR) is 101 cm³/mol. The summed E-state index contributed by atoms with van der Waals surface area (Å²) in [6.45, 7) is 9.04. The number of carbonyl (C=O) groups is 1. The van der Waals surface area contributed by atoms with E-state index in [0.29, 0.717) is 22.5 Å². The fourth-order valence-electron chi connectivity index (χ4n) is 3.74. The number of nitro benzene ring substituents is 1. The Bertz CT molecular complexity index is 789. The van der Waals surface area contributed by atoms with Crippen molar-refractivity contribution < 1.29 is 9.72 Å². The largest absolute Gasteiger partial charge is 0.345 e. The van der Waals surface area contributed by atoms with E-state index in [9.17, 15) is 14.9 Å². The first kappa shape index (κ1) is 18.4. The average Bonchev–Trinajstić information content (AvgIpc) is 3.10. The van der Waals surface area contributed by atoms with Crippen LogP contribution < -0.4 is 0 Å². The SMILES string of the molecule is CCN(CC)CC1CCN(C(=O)c2cc3cccc([N+](=O)[O-])c3[nH]2)CC1. The average molecular weight is 358 g/mol. The van der Waals surface area contributed by atoms with Gasteiger partial charge in [0, 0.05) is 31.1 Å². The third-order valence-corrected chi connectivity index (χ3v) is 5.37. The lowest BCUT2D eigenvalue weighted by molar-refractivity contribution is -0.383. The number of aromatic amines is 1. The number of aromatic nitrogens is 1. The molecule has 7 heteroatoms. The number of H-pyrrole nitrogens is 1. The summed E-state index contributed by atoms with van der Waals surface area (Å²) in [6.07, 6.45) is 2.01. The van der Waals surface area contributed by atoms with Crippen molar-refractivity contribution in [2.45, 2.75) is 26.7 Å². The van der Waals surface area contributed by atoms with Crippen molar-refractivity contribution in [1.29, 1.82) is 0 Å². The van der Waals surface area contributed by atoms with Crippen LogP contribution in [0, 0.1) is 16.0 Å². The molecule has 1 aromatic heterocycles. The van der Waals surface area contributed by atoms with E-state index in [1.807, 2.05) is 4.90 Å². The van der Waals surface area contributed by atoms with Gasteiger partial charge in [-0.25, -0.2) is 0 Å². The summed E-state index contributed by atoms with van der Waals surface area (Å²) in [5.74, 6) is 0.555. The third-order valence-electron chi connectivity index (χ3n) is 5.37. The van der Waals surface area contributed by atoms with Crippen molar-refractivity contribution in [2.75, 3.05) is 32.7 Å². The molecule has 0 bridgehead atoms. The number of benzene rings is 1. The Morgan fingerprint density at radius 3 is 2.62 bits per heavy atom. The molecule has 0 atom stereocenters. The first-order valence-electron chi connectivity index (χ1n) is 9.31. The second-order valence-electron chi connectivity index (χ2n) is 6.90. The van der Waals surface area contributed by atoms with Crippen LogP contribution in [0.4, 0.5) is 5.69 Å². The lowest BCUT2D eigenvalue weighted by atomic mass is 9.96. The number of hydrogen-bond donors (Lipinski definition) is 1. The summed E-state index contributed by atoms with van der Waals surface area (Å²) in [7, 11) is 0. The minimum absolute atomic E-state index is 0.000481. The maximum atomic E-state index is 12.8. The van der Waals surface area contributed by atoms with Crippen LogP contribution in [0.5, 0.6) is 0 Å². The molecule has 1 saturated heterocycles. The second-order valence-corrected chi connectivity index (χ2v) is 6.90. The molecule has 1 aliphatic heterocycles. The minimum atomic E-state index is -0.425. The zero-order chi connectivity index (χ0) is 18.7. The first-order valence-corrected chi connectivity index (χ1v) is 9.31. The normalized spacial score (nSPS) is 15.7. The molecule has 1 fully saturated rings. The summed E-state index contributed by atoms with van der Waals surface area (Å²) >= 11 is 0. The van der Waals surface area contributed by atoms with Gasteiger partial charge >= 0.3 is 0 Å². The van der Waals surface area contributed by atoms with Gasteiger partial charge in [0.25, 0.3) is 11.6 Å². The number of nitro groups is 1. The molecule has 0 radical (unpaired) electrons. The Balaban J connectivity index is 1.68. The Kier molecular flexibility index (Phi) is 5.56. The van der Waals surface area contributed by atoms with Crippen molar-refractivity contribution in [1.82, 2.24) is 14.8 Å². The molecule has 1 amide bonds. The van der Waals surface area contributed by atoms with Crippen molar-refractivity contribution >= 4 is 22.5 Å². The molecule has 1 aromatic carbocycles. The van der Waals surface area contributed by atoms with E-state index in [1.54, 1.807) is 18.2 Å². The van der Waals surface area contributed by atoms with Crippen LogP contribution >= 0.6 is 0 Å². The van der Waals surface area contributed by atoms with Crippen LogP contribution in [0.25, 0.3) is 10.9 Å². The fourth-order valence-corrected chi connectivity index (χ4v) is 3.74. The van der Waals surface area contributed by atoms with E-state index in [0.717, 1.165) is 45.6 Å². The van der Waals surface area contributed by atoms with Gasteiger partial charge in [-0.2, -0.15) is 0 Å². The Morgan fingerprint density at radius 1 is 1.31 bits per heavy atom. The molecule has 140 valence electrons. The number of nitrogens with zero attached hydrogens (tertiary/aromatic N) is 3. The molecule has 0 unspecified atom stereocenters. The number of carbonyl (C=O) groups excluding carboxylic acids is 1. The quantitative estimate of drug-likeness (QED) is 0.635. The van der Waals surface area contributed by atoms with Gasteiger partial charge in [0.2, 0.25) is 0 Å². The topological polar surface area (TPSA) is 82.5 Å². The fraction of sp³-hybridized carbons (Fsp3) is 0.526. The number of nitrogens with one attached hydrogen (secondary N) is 1. The molecule has 0 spiro atoms. The van der Waals surface area contributed by atoms with Crippen LogP contribution in [0.3, 0.4) is 0 Å². The molecule has 2 heterocycles. The molecule has 1 aliphatic rings. The number of amides is 1. The van der Waals surface area contributed by atoms with E-state index >= 15 is 0 Å². The lowest BCUT2D eigenvalue weighted by Gasteiger charge is -2.34. The molecule has 7 nitrogen and oxygen atoms in total. The number of piperidine rings is 1. The smallest absolute Gasteiger partial charge is 0.293 e. The Morgan fingerprint density at radius 2 is 2.00 bits per heavy atom. The van der Waals surface area contributed by atoms with E-state index in [1.165, 1.54) is 6.07 Å². The lowest BCUT2D eigenvalue weighted by Crippen LogP contribution is -2.41. The molecule has 1 N–H and O–H groups in total.